The number of carbonyl (C=O) groups is 1. The van der Waals surface area contributed by atoms with E-state index in [0.717, 1.165) is 36.9 Å². The SMILES string of the molecule is CC(C)C(C)Sc1nc2c(cc1C(=O)O)CCCC2. The van der Waals surface area contributed by atoms with E-state index in [9.17, 15) is 9.90 Å². The Labute approximate surface area is 118 Å². The molecule has 1 heterocycles. The summed E-state index contributed by atoms with van der Waals surface area (Å²) in [6.07, 6.45) is 4.25. The molecule has 0 aromatic carbocycles. The minimum atomic E-state index is -0.862. The molecule has 1 N–H and O–H groups in total. The summed E-state index contributed by atoms with van der Waals surface area (Å²) in [7, 11) is 0. The molecule has 19 heavy (non-hydrogen) atoms. The van der Waals surface area contributed by atoms with Gasteiger partial charge in [0, 0.05) is 10.9 Å². The zero-order valence-electron chi connectivity index (χ0n) is 11.8. The first kappa shape index (κ1) is 14.4. The Morgan fingerprint density at radius 3 is 2.63 bits per heavy atom. The highest BCUT2D eigenvalue weighted by Gasteiger charge is 2.21. The van der Waals surface area contributed by atoms with Crippen LogP contribution in [0.4, 0.5) is 0 Å². The Balaban J connectivity index is 2.37. The molecular weight excluding hydrogens is 258 g/mol. The number of aromatic carboxylic acids is 1. The summed E-state index contributed by atoms with van der Waals surface area (Å²) in [6, 6.07) is 1.85. The van der Waals surface area contributed by atoms with E-state index < -0.39 is 5.97 Å². The van der Waals surface area contributed by atoms with Crippen LogP contribution in [0.25, 0.3) is 0 Å². The van der Waals surface area contributed by atoms with Crippen LogP contribution in [0, 0.1) is 5.92 Å². The summed E-state index contributed by atoms with van der Waals surface area (Å²) in [5, 5.41) is 10.4. The summed E-state index contributed by atoms with van der Waals surface area (Å²) < 4.78 is 0. The van der Waals surface area contributed by atoms with Crippen LogP contribution >= 0.6 is 11.8 Å². The van der Waals surface area contributed by atoms with Crippen LogP contribution in [0.5, 0.6) is 0 Å². The second-order valence-corrected chi connectivity index (χ2v) is 6.89. The molecular formula is C15H21NO2S. The van der Waals surface area contributed by atoms with Gasteiger partial charge in [-0.3, -0.25) is 0 Å². The fraction of sp³-hybridized carbons (Fsp3) is 0.600. The average molecular weight is 279 g/mol. The van der Waals surface area contributed by atoms with Gasteiger partial charge in [0.2, 0.25) is 0 Å². The predicted octanol–water partition coefficient (Wildman–Crippen LogP) is 3.80. The minimum absolute atomic E-state index is 0.368. The van der Waals surface area contributed by atoms with Crippen molar-refractivity contribution in [1.29, 1.82) is 0 Å². The van der Waals surface area contributed by atoms with Crippen LogP contribution in [0.1, 0.15) is 55.2 Å². The van der Waals surface area contributed by atoms with E-state index >= 15 is 0 Å². The van der Waals surface area contributed by atoms with Crippen molar-refractivity contribution in [2.75, 3.05) is 0 Å². The Morgan fingerprint density at radius 1 is 1.32 bits per heavy atom. The Kier molecular flexibility index (Phi) is 4.50. The van der Waals surface area contributed by atoms with Crippen molar-refractivity contribution in [3.05, 3.63) is 22.9 Å². The number of thioether (sulfide) groups is 1. The van der Waals surface area contributed by atoms with E-state index in [4.69, 9.17) is 0 Å². The fourth-order valence-corrected chi connectivity index (χ4v) is 3.23. The quantitative estimate of drug-likeness (QED) is 0.852. The summed E-state index contributed by atoms with van der Waals surface area (Å²) >= 11 is 1.59. The molecule has 104 valence electrons. The maximum atomic E-state index is 11.4. The Hall–Kier alpha value is -1.03. The molecule has 4 heteroatoms. The lowest BCUT2D eigenvalue weighted by atomic mass is 9.95. The minimum Gasteiger partial charge on any atom is -0.478 e. The summed E-state index contributed by atoms with van der Waals surface area (Å²) in [5.74, 6) is -0.358. The maximum absolute atomic E-state index is 11.4. The zero-order valence-corrected chi connectivity index (χ0v) is 12.6. The van der Waals surface area contributed by atoms with Crippen molar-refractivity contribution in [2.45, 2.75) is 56.7 Å². The highest BCUT2D eigenvalue weighted by Crippen LogP contribution is 2.32. The van der Waals surface area contributed by atoms with E-state index in [-0.39, 0.29) is 0 Å². The number of carboxylic acids is 1. The second-order valence-electron chi connectivity index (χ2n) is 5.53. The average Bonchev–Trinajstić information content (AvgIpc) is 2.37. The topological polar surface area (TPSA) is 50.2 Å². The van der Waals surface area contributed by atoms with Gasteiger partial charge in [0.25, 0.3) is 0 Å². The van der Waals surface area contributed by atoms with Crippen LogP contribution in [0.15, 0.2) is 11.1 Å². The van der Waals surface area contributed by atoms with Gasteiger partial charge in [-0.05, 0) is 43.2 Å². The predicted molar refractivity (Wildman–Crippen MR) is 78.0 cm³/mol. The number of hydrogen-bond acceptors (Lipinski definition) is 3. The molecule has 0 saturated heterocycles. The number of pyridine rings is 1. The molecule has 1 atom stereocenters. The van der Waals surface area contributed by atoms with Gasteiger partial charge in [0.1, 0.15) is 5.03 Å². The summed E-state index contributed by atoms with van der Waals surface area (Å²) in [6.45, 7) is 6.43. The molecule has 2 rings (SSSR count). The van der Waals surface area contributed by atoms with Gasteiger partial charge in [-0.15, -0.1) is 11.8 Å². The Morgan fingerprint density at radius 2 is 2.00 bits per heavy atom. The first-order valence-corrected chi connectivity index (χ1v) is 7.79. The molecule has 1 aromatic rings. The fourth-order valence-electron chi connectivity index (χ4n) is 2.17. The van der Waals surface area contributed by atoms with Gasteiger partial charge in [-0.1, -0.05) is 20.8 Å². The van der Waals surface area contributed by atoms with Gasteiger partial charge in [0.05, 0.1) is 5.56 Å². The van der Waals surface area contributed by atoms with Gasteiger partial charge < -0.3 is 5.11 Å². The largest absolute Gasteiger partial charge is 0.478 e. The Bertz CT molecular complexity index is 485. The molecule has 1 aliphatic rings. The van der Waals surface area contributed by atoms with Gasteiger partial charge >= 0.3 is 5.97 Å². The van der Waals surface area contributed by atoms with Crippen molar-refractivity contribution in [3.8, 4) is 0 Å². The van der Waals surface area contributed by atoms with E-state index in [2.05, 4.69) is 25.8 Å². The zero-order chi connectivity index (χ0) is 14.0. The molecule has 1 unspecified atom stereocenters. The molecule has 0 radical (unpaired) electrons. The number of aromatic nitrogens is 1. The van der Waals surface area contributed by atoms with Crippen molar-refractivity contribution in [1.82, 2.24) is 4.98 Å². The third-order valence-corrected chi connectivity index (χ3v) is 5.18. The highest BCUT2D eigenvalue weighted by molar-refractivity contribution is 7.99. The smallest absolute Gasteiger partial charge is 0.338 e. The third kappa shape index (κ3) is 3.30. The first-order chi connectivity index (χ1) is 8.99. The van der Waals surface area contributed by atoms with Gasteiger partial charge in [-0.2, -0.15) is 0 Å². The van der Waals surface area contributed by atoms with Gasteiger partial charge in [-0.25, -0.2) is 9.78 Å². The summed E-state index contributed by atoms with van der Waals surface area (Å²) in [5.41, 5.74) is 2.61. The van der Waals surface area contributed by atoms with Crippen molar-refractivity contribution in [2.24, 2.45) is 5.92 Å². The van der Waals surface area contributed by atoms with Crippen LogP contribution in [-0.4, -0.2) is 21.3 Å². The van der Waals surface area contributed by atoms with E-state index in [1.165, 1.54) is 0 Å². The van der Waals surface area contributed by atoms with Crippen molar-refractivity contribution < 1.29 is 9.90 Å². The van der Waals surface area contributed by atoms with Crippen LogP contribution in [0.2, 0.25) is 0 Å². The van der Waals surface area contributed by atoms with Crippen molar-refractivity contribution in [3.63, 3.8) is 0 Å². The third-order valence-electron chi connectivity index (χ3n) is 3.73. The number of fused-ring (bicyclic) bond motifs is 1. The molecule has 1 aliphatic carbocycles. The molecule has 0 spiro atoms. The molecule has 0 fully saturated rings. The van der Waals surface area contributed by atoms with E-state index in [1.54, 1.807) is 11.8 Å². The normalized spacial score (nSPS) is 16.2. The molecule has 3 nitrogen and oxygen atoms in total. The van der Waals surface area contributed by atoms with E-state index in [0.29, 0.717) is 21.8 Å². The monoisotopic (exact) mass is 279 g/mol. The number of rotatable bonds is 4. The molecule has 0 amide bonds. The number of nitrogens with zero attached hydrogens (tertiary/aromatic N) is 1. The summed E-state index contributed by atoms with van der Waals surface area (Å²) in [4.78, 5) is 16.0. The van der Waals surface area contributed by atoms with Crippen LogP contribution in [-0.2, 0) is 12.8 Å². The van der Waals surface area contributed by atoms with E-state index in [1.807, 2.05) is 6.07 Å². The van der Waals surface area contributed by atoms with Gasteiger partial charge in [0.15, 0.2) is 0 Å². The lowest BCUT2D eigenvalue weighted by Crippen LogP contribution is -2.13. The lowest BCUT2D eigenvalue weighted by Gasteiger charge is -2.20. The highest BCUT2D eigenvalue weighted by atomic mass is 32.2. The second kappa shape index (κ2) is 5.95. The lowest BCUT2D eigenvalue weighted by molar-refractivity contribution is 0.0692. The first-order valence-electron chi connectivity index (χ1n) is 6.91. The number of carboxylic acid groups (broad SMARTS) is 1. The number of hydrogen-bond donors (Lipinski definition) is 1. The molecule has 0 saturated carbocycles. The molecule has 0 bridgehead atoms. The van der Waals surface area contributed by atoms with Crippen LogP contribution in [0.3, 0.4) is 0 Å². The number of aryl methyl sites for hydroxylation is 2. The maximum Gasteiger partial charge on any atom is 0.338 e. The van der Waals surface area contributed by atoms with Crippen LogP contribution < -0.4 is 0 Å². The standard InChI is InChI=1S/C15H21NO2S/c1-9(2)10(3)19-14-12(15(17)18)8-11-6-4-5-7-13(11)16-14/h8-10H,4-7H2,1-3H3,(H,17,18). The molecule has 1 aromatic heterocycles. The molecule has 0 aliphatic heterocycles. The van der Waals surface area contributed by atoms with Crippen molar-refractivity contribution >= 4 is 17.7 Å².